The van der Waals surface area contributed by atoms with E-state index in [0.29, 0.717) is 23.4 Å². The van der Waals surface area contributed by atoms with Gasteiger partial charge in [0, 0.05) is 42.5 Å². The summed E-state index contributed by atoms with van der Waals surface area (Å²) in [5.74, 6) is -0.309. The van der Waals surface area contributed by atoms with E-state index in [2.05, 4.69) is 0 Å². The van der Waals surface area contributed by atoms with E-state index < -0.39 is 4.92 Å². The number of aliphatic hydroxyl groups excluding tert-OH is 1. The molecule has 1 N–H and O–H groups in total. The molecule has 2 aromatic carbocycles. The summed E-state index contributed by atoms with van der Waals surface area (Å²) in [5, 5.41) is 20.1. The minimum atomic E-state index is -0.514. The fraction of sp³-hybridized carbons (Fsp3) is 0.200. The van der Waals surface area contributed by atoms with E-state index in [-0.39, 0.29) is 18.1 Å². The van der Waals surface area contributed by atoms with E-state index in [9.17, 15) is 19.6 Å². The van der Waals surface area contributed by atoms with Crippen LogP contribution in [0.2, 0.25) is 0 Å². The third kappa shape index (κ3) is 3.35. The molecule has 0 saturated carbocycles. The number of hydrogen-bond donors (Lipinski definition) is 1. The molecule has 21 heavy (non-hydrogen) atoms. The number of benzene rings is 2. The second kappa shape index (κ2) is 6.32. The van der Waals surface area contributed by atoms with Gasteiger partial charge in [0.2, 0.25) is 0 Å². The molecule has 0 aliphatic carbocycles. The molecule has 0 amide bonds. The average Bonchev–Trinajstić information content (AvgIpc) is 2.48. The van der Waals surface area contributed by atoms with Gasteiger partial charge in [-0.2, -0.15) is 0 Å². The molecule has 0 bridgehead atoms. The lowest BCUT2D eigenvalue weighted by atomic mass is 10.1. The summed E-state index contributed by atoms with van der Waals surface area (Å²) in [6.07, 6.45) is 0. The van der Waals surface area contributed by atoms with E-state index in [1.165, 1.54) is 18.2 Å². The third-order valence-corrected chi connectivity index (χ3v) is 3.22. The summed E-state index contributed by atoms with van der Waals surface area (Å²) in [6.45, 7) is -0.0177. The van der Waals surface area contributed by atoms with Gasteiger partial charge >= 0.3 is 0 Å². The van der Waals surface area contributed by atoms with Crippen molar-refractivity contribution >= 4 is 11.4 Å². The summed E-state index contributed by atoms with van der Waals surface area (Å²) >= 11 is 0. The van der Waals surface area contributed by atoms with Crippen LogP contribution < -0.4 is 4.90 Å². The van der Waals surface area contributed by atoms with Gasteiger partial charge in [0.05, 0.1) is 11.5 Å². The van der Waals surface area contributed by atoms with Gasteiger partial charge in [0.25, 0.3) is 5.69 Å². The largest absolute Gasteiger partial charge is 0.392 e. The zero-order valence-electron chi connectivity index (χ0n) is 11.5. The molecule has 0 unspecified atom stereocenters. The highest BCUT2D eigenvalue weighted by Crippen LogP contribution is 2.26. The predicted octanol–water partition coefficient (Wildman–Crippen LogP) is 2.86. The van der Waals surface area contributed by atoms with Gasteiger partial charge in [0.15, 0.2) is 0 Å². The van der Waals surface area contributed by atoms with Crippen LogP contribution in [0.4, 0.5) is 15.8 Å². The number of nitro benzene ring substituents is 1. The van der Waals surface area contributed by atoms with Gasteiger partial charge in [-0.05, 0) is 12.1 Å². The molecule has 0 aliphatic heterocycles. The number of hydrogen-bond acceptors (Lipinski definition) is 4. The first-order valence-corrected chi connectivity index (χ1v) is 6.35. The van der Waals surface area contributed by atoms with Crippen LogP contribution >= 0.6 is 0 Å². The van der Waals surface area contributed by atoms with Crippen LogP contribution in [0.5, 0.6) is 0 Å². The Labute approximate surface area is 121 Å². The molecule has 0 fully saturated rings. The zero-order chi connectivity index (χ0) is 15.4. The number of nitro groups is 1. The predicted molar refractivity (Wildman–Crippen MR) is 77.5 cm³/mol. The molecule has 0 aliphatic rings. The number of non-ortho nitro benzene ring substituents is 1. The Morgan fingerprint density at radius 2 is 1.95 bits per heavy atom. The van der Waals surface area contributed by atoms with Gasteiger partial charge in [-0.25, -0.2) is 4.39 Å². The Bertz CT molecular complexity index is 661. The zero-order valence-corrected chi connectivity index (χ0v) is 11.5. The lowest BCUT2D eigenvalue weighted by molar-refractivity contribution is -0.384. The van der Waals surface area contributed by atoms with Crippen LogP contribution in [0.1, 0.15) is 11.1 Å². The molecule has 0 atom stereocenters. The Morgan fingerprint density at radius 1 is 1.24 bits per heavy atom. The number of rotatable bonds is 5. The monoisotopic (exact) mass is 290 g/mol. The van der Waals surface area contributed by atoms with Gasteiger partial charge in [-0.1, -0.05) is 18.2 Å². The molecule has 2 aromatic rings. The van der Waals surface area contributed by atoms with Crippen LogP contribution in [-0.4, -0.2) is 17.1 Å². The van der Waals surface area contributed by atoms with Crippen molar-refractivity contribution in [2.45, 2.75) is 13.2 Å². The van der Waals surface area contributed by atoms with Crippen LogP contribution in [0.25, 0.3) is 0 Å². The smallest absolute Gasteiger partial charge is 0.269 e. The molecular formula is C15H15FN2O3. The Balaban J connectivity index is 2.29. The van der Waals surface area contributed by atoms with E-state index in [0.717, 1.165) is 0 Å². The van der Waals surface area contributed by atoms with Crippen LogP contribution in [-0.2, 0) is 13.2 Å². The van der Waals surface area contributed by atoms with Crippen LogP contribution in [0.3, 0.4) is 0 Å². The van der Waals surface area contributed by atoms with E-state index in [4.69, 9.17) is 0 Å². The molecule has 2 rings (SSSR count). The van der Waals surface area contributed by atoms with Crippen molar-refractivity contribution in [2.75, 3.05) is 11.9 Å². The van der Waals surface area contributed by atoms with Gasteiger partial charge in [-0.15, -0.1) is 0 Å². The number of aliphatic hydroxyl groups is 1. The second-order valence-corrected chi connectivity index (χ2v) is 4.68. The first-order valence-electron chi connectivity index (χ1n) is 6.35. The lowest BCUT2D eigenvalue weighted by Crippen LogP contribution is -2.19. The molecule has 0 heterocycles. The minimum Gasteiger partial charge on any atom is -0.392 e. The van der Waals surface area contributed by atoms with Crippen molar-refractivity contribution in [1.82, 2.24) is 0 Å². The number of halogens is 1. The maximum atomic E-state index is 13.7. The van der Waals surface area contributed by atoms with Gasteiger partial charge < -0.3 is 10.0 Å². The highest BCUT2D eigenvalue weighted by atomic mass is 19.1. The van der Waals surface area contributed by atoms with Crippen molar-refractivity contribution in [3.8, 4) is 0 Å². The average molecular weight is 290 g/mol. The Hall–Kier alpha value is -2.47. The van der Waals surface area contributed by atoms with Gasteiger partial charge in [-0.3, -0.25) is 10.1 Å². The first-order chi connectivity index (χ1) is 10.0. The molecule has 5 nitrogen and oxygen atoms in total. The molecule has 0 radical (unpaired) electrons. The van der Waals surface area contributed by atoms with Crippen LogP contribution in [0.15, 0.2) is 42.5 Å². The summed E-state index contributed by atoms with van der Waals surface area (Å²) in [4.78, 5) is 12.0. The molecule has 0 spiro atoms. The van der Waals surface area contributed by atoms with E-state index in [1.54, 1.807) is 36.2 Å². The Kier molecular flexibility index (Phi) is 4.49. The molecule has 110 valence electrons. The molecule has 6 heteroatoms. The van der Waals surface area contributed by atoms with Gasteiger partial charge in [0.1, 0.15) is 5.82 Å². The second-order valence-electron chi connectivity index (χ2n) is 4.68. The van der Waals surface area contributed by atoms with Crippen molar-refractivity contribution in [3.63, 3.8) is 0 Å². The SMILES string of the molecule is CN(Cc1ccccc1F)c1ccc([N+](=O)[O-])cc1CO. The fourth-order valence-corrected chi connectivity index (χ4v) is 2.15. The van der Waals surface area contributed by atoms with E-state index in [1.807, 2.05) is 0 Å². The number of anilines is 1. The molecule has 0 aromatic heterocycles. The summed E-state index contributed by atoms with van der Waals surface area (Å²) in [6, 6.07) is 10.7. The highest BCUT2D eigenvalue weighted by Gasteiger charge is 2.14. The van der Waals surface area contributed by atoms with Crippen molar-refractivity contribution in [3.05, 3.63) is 69.5 Å². The summed E-state index contributed by atoms with van der Waals surface area (Å²) in [7, 11) is 1.74. The van der Waals surface area contributed by atoms with Crippen molar-refractivity contribution in [2.24, 2.45) is 0 Å². The molecular weight excluding hydrogens is 275 g/mol. The van der Waals surface area contributed by atoms with Crippen LogP contribution in [0, 0.1) is 15.9 Å². The first kappa shape index (κ1) is 14.9. The third-order valence-electron chi connectivity index (χ3n) is 3.22. The lowest BCUT2D eigenvalue weighted by Gasteiger charge is -2.22. The minimum absolute atomic E-state index is 0.0814. The highest BCUT2D eigenvalue weighted by molar-refractivity contribution is 5.57. The molecule has 0 saturated heterocycles. The van der Waals surface area contributed by atoms with Crippen molar-refractivity contribution in [1.29, 1.82) is 0 Å². The maximum Gasteiger partial charge on any atom is 0.269 e. The standard InChI is InChI=1S/C15H15FN2O3/c1-17(9-11-4-2-3-5-14(11)16)15-7-6-13(18(20)21)8-12(15)10-19/h2-8,19H,9-10H2,1H3. The maximum absolute atomic E-state index is 13.7. The number of nitrogens with zero attached hydrogens (tertiary/aromatic N) is 2. The van der Waals surface area contributed by atoms with Crippen molar-refractivity contribution < 1.29 is 14.4 Å². The Morgan fingerprint density at radius 3 is 2.57 bits per heavy atom. The van der Waals surface area contributed by atoms with E-state index >= 15 is 0 Å². The summed E-state index contributed by atoms with van der Waals surface area (Å²) in [5.41, 5.74) is 1.50. The topological polar surface area (TPSA) is 66.6 Å². The fourth-order valence-electron chi connectivity index (χ4n) is 2.15. The normalized spacial score (nSPS) is 10.4. The summed E-state index contributed by atoms with van der Waals surface area (Å²) < 4.78 is 13.7. The quantitative estimate of drug-likeness (QED) is 0.679.